The normalized spacial score (nSPS) is 13.6. The fraction of sp³-hybridized carbons (Fsp3) is 0.286. The fourth-order valence-corrected chi connectivity index (χ4v) is 3.27. The molecule has 0 aliphatic carbocycles. The van der Waals surface area contributed by atoms with Gasteiger partial charge in [0.15, 0.2) is 5.82 Å². The average Bonchev–Trinajstić information content (AvgIpc) is 2.63. The molecule has 0 radical (unpaired) electrons. The molecule has 0 aliphatic heterocycles. The second-order valence-corrected chi connectivity index (χ2v) is 7.56. The Kier molecular flexibility index (Phi) is 8.16. The summed E-state index contributed by atoms with van der Waals surface area (Å²) in [5.41, 5.74) is 0.621. The topological polar surface area (TPSA) is 17.1 Å². The molecule has 1 nitrogen and oxygen atoms in total. The SMILES string of the molecule is O=C(CCc1ccc(/C=C/C(c2cc(Cl)c(F)c(Cl)c2)C(F)(F)F)cc1)CC(F)(F)F. The minimum absolute atomic E-state index is 0.0800. The quantitative estimate of drug-likeness (QED) is 0.286. The first-order valence-electron chi connectivity index (χ1n) is 8.83. The van der Waals surface area contributed by atoms with Gasteiger partial charge in [-0.2, -0.15) is 26.3 Å². The van der Waals surface area contributed by atoms with E-state index in [0.29, 0.717) is 11.1 Å². The number of carbonyl (C=O) groups excluding carboxylic acids is 1. The molecule has 0 aromatic heterocycles. The van der Waals surface area contributed by atoms with Crippen molar-refractivity contribution in [2.75, 3.05) is 0 Å². The van der Waals surface area contributed by atoms with Gasteiger partial charge in [-0.15, -0.1) is 0 Å². The van der Waals surface area contributed by atoms with Crippen LogP contribution in [0.25, 0.3) is 6.08 Å². The van der Waals surface area contributed by atoms with Crippen LogP contribution in [0.3, 0.4) is 0 Å². The molecule has 168 valence electrons. The summed E-state index contributed by atoms with van der Waals surface area (Å²) in [6, 6.07) is 7.67. The van der Waals surface area contributed by atoms with Crippen LogP contribution in [-0.2, 0) is 11.2 Å². The third kappa shape index (κ3) is 7.85. The van der Waals surface area contributed by atoms with Gasteiger partial charge in [-0.05, 0) is 35.2 Å². The van der Waals surface area contributed by atoms with Crippen LogP contribution in [0, 0.1) is 5.82 Å². The van der Waals surface area contributed by atoms with E-state index in [0.717, 1.165) is 18.2 Å². The van der Waals surface area contributed by atoms with Gasteiger partial charge in [-0.3, -0.25) is 4.79 Å². The monoisotopic (exact) mass is 486 g/mol. The van der Waals surface area contributed by atoms with Crippen molar-refractivity contribution in [1.82, 2.24) is 0 Å². The van der Waals surface area contributed by atoms with Gasteiger partial charge < -0.3 is 0 Å². The van der Waals surface area contributed by atoms with E-state index in [1.54, 1.807) is 0 Å². The lowest BCUT2D eigenvalue weighted by molar-refractivity contribution is -0.152. The molecule has 0 saturated carbocycles. The summed E-state index contributed by atoms with van der Waals surface area (Å²) >= 11 is 11.2. The average molecular weight is 487 g/mol. The van der Waals surface area contributed by atoms with E-state index in [-0.39, 0.29) is 18.4 Å². The maximum atomic E-state index is 13.5. The van der Waals surface area contributed by atoms with Gasteiger partial charge in [-0.1, -0.05) is 59.6 Å². The molecule has 0 heterocycles. The second kappa shape index (κ2) is 10.0. The molecule has 31 heavy (non-hydrogen) atoms. The number of Topliss-reactive ketones (excluding diaryl/α,β-unsaturated/α-hetero) is 1. The maximum Gasteiger partial charge on any atom is 0.399 e. The number of halogens is 9. The van der Waals surface area contributed by atoms with E-state index >= 15 is 0 Å². The van der Waals surface area contributed by atoms with Crippen molar-refractivity contribution in [2.45, 2.75) is 37.5 Å². The number of aryl methyl sites for hydroxylation is 1. The first kappa shape index (κ1) is 25.2. The Hall–Kier alpha value is -2.06. The summed E-state index contributed by atoms with van der Waals surface area (Å²) in [5.74, 6) is -4.05. The van der Waals surface area contributed by atoms with Gasteiger partial charge in [0.1, 0.15) is 12.2 Å². The fourth-order valence-electron chi connectivity index (χ4n) is 2.76. The van der Waals surface area contributed by atoms with Crippen LogP contribution >= 0.6 is 23.2 Å². The Morgan fingerprint density at radius 1 is 0.968 bits per heavy atom. The number of benzene rings is 2. The van der Waals surface area contributed by atoms with Crippen LogP contribution in [0.4, 0.5) is 30.7 Å². The van der Waals surface area contributed by atoms with Crippen LogP contribution in [0.2, 0.25) is 10.0 Å². The number of alkyl halides is 6. The lowest BCUT2D eigenvalue weighted by atomic mass is 9.96. The minimum atomic E-state index is -4.69. The Morgan fingerprint density at radius 2 is 1.52 bits per heavy atom. The predicted octanol–water partition coefficient (Wildman–Crippen LogP) is 7.95. The Morgan fingerprint density at radius 3 is 2.00 bits per heavy atom. The highest BCUT2D eigenvalue weighted by Crippen LogP contribution is 2.39. The standard InChI is InChI=1S/C21H15Cl2F7O/c22-17-9-14(10-18(23)19(17)24)16(21(28,29)30)8-6-13-3-1-12(2-4-13)5-7-15(31)11-20(25,26)27/h1-4,6,8-10,16H,5,7,11H2/b8-6+. The Bertz CT molecular complexity index is 925. The highest BCUT2D eigenvalue weighted by atomic mass is 35.5. The smallest absolute Gasteiger partial charge is 0.299 e. The van der Waals surface area contributed by atoms with E-state index < -0.39 is 46.3 Å². The number of rotatable bonds is 7. The van der Waals surface area contributed by atoms with Gasteiger partial charge >= 0.3 is 12.4 Å². The summed E-state index contributed by atoms with van der Waals surface area (Å²) in [4.78, 5) is 11.3. The number of hydrogen-bond acceptors (Lipinski definition) is 1. The zero-order valence-corrected chi connectivity index (χ0v) is 17.1. The number of carbonyl (C=O) groups is 1. The third-order valence-electron chi connectivity index (χ3n) is 4.27. The largest absolute Gasteiger partial charge is 0.399 e. The van der Waals surface area contributed by atoms with E-state index in [9.17, 15) is 35.5 Å². The molecule has 2 aromatic carbocycles. The first-order valence-corrected chi connectivity index (χ1v) is 9.58. The zero-order valence-electron chi connectivity index (χ0n) is 15.6. The molecule has 0 aliphatic rings. The van der Waals surface area contributed by atoms with E-state index in [2.05, 4.69) is 0 Å². The number of ketones is 1. The van der Waals surface area contributed by atoms with Crippen molar-refractivity contribution >= 4 is 35.1 Å². The summed E-state index contributed by atoms with van der Waals surface area (Å²) < 4.78 is 90.5. The van der Waals surface area contributed by atoms with Crippen LogP contribution < -0.4 is 0 Å². The lowest BCUT2D eigenvalue weighted by Crippen LogP contribution is -2.19. The summed E-state index contributed by atoms with van der Waals surface area (Å²) in [6.45, 7) is 0. The molecule has 10 heteroatoms. The predicted molar refractivity (Wildman–Crippen MR) is 105 cm³/mol. The molecular weight excluding hydrogens is 472 g/mol. The van der Waals surface area contributed by atoms with Crippen molar-refractivity contribution in [1.29, 1.82) is 0 Å². The van der Waals surface area contributed by atoms with E-state index in [1.807, 2.05) is 0 Å². The molecule has 1 unspecified atom stereocenters. The summed E-state index contributed by atoms with van der Waals surface area (Å²) in [7, 11) is 0. The first-order chi connectivity index (χ1) is 14.3. The van der Waals surface area contributed by atoms with Crippen LogP contribution in [0.15, 0.2) is 42.5 Å². The lowest BCUT2D eigenvalue weighted by Gasteiger charge is -2.18. The summed E-state index contributed by atoms with van der Waals surface area (Å²) in [6.07, 6.45) is -8.90. The highest BCUT2D eigenvalue weighted by molar-refractivity contribution is 6.35. The van der Waals surface area contributed by atoms with Crippen molar-refractivity contribution in [3.8, 4) is 0 Å². The molecule has 0 saturated heterocycles. The van der Waals surface area contributed by atoms with Gasteiger partial charge in [0.05, 0.1) is 16.0 Å². The third-order valence-corrected chi connectivity index (χ3v) is 4.82. The van der Waals surface area contributed by atoms with Gasteiger partial charge in [0.2, 0.25) is 0 Å². The molecule has 2 aromatic rings. The summed E-state index contributed by atoms with van der Waals surface area (Å²) in [5, 5.41) is -1.07. The molecule has 2 rings (SSSR count). The van der Waals surface area contributed by atoms with Crippen molar-refractivity contribution in [2.24, 2.45) is 0 Å². The van der Waals surface area contributed by atoms with Gasteiger partial charge in [0, 0.05) is 6.42 Å². The van der Waals surface area contributed by atoms with Crippen LogP contribution in [0.5, 0.6) is 0 Å². The van der Waals surface area contributed by atoms with Crippen molar-refractivity contribution in [3.05, 3.63) is 75.0 Å². The van der Waals surface area contributed by atoms with Gasteiger partial charge in [-0.25, -0.2) is 4.39 Å². The van der Waals surface area contributed by atoms with E-state index in [1.165, 1.54) is 30.3 Å². The van der Waals surface area contributed by atoms with Crippen molar-refractivity contribution < 1.29 is 35.5 Å². The molecule has 0 spiro atoms. The van der Waals surface area contributed by atoms with E-state index in [4.69, 9.17) is 23.2 Å². The minimum Gasteiger partial charge on any atom is -0.299 e. The van der Waals surface area contributed by atoms with Crippen molar-refractivity contribution in [3.63, 3.8) is 0 Å². The second-order valence-electron chi connectivity index (χ2n) is 6.75. The molecule has 0 amide bonds. The molecular formula is C21H15Cl2F7O. The molecule has 0 N–H and O–H groups in total. The van der Waals surface area contributed by atoms with Crippen LogP contribution in [-0.4, -0.2) is 18.1 Å². The molecule has 1 atom stereocenters. The Labute approximate surface area is 183 Å². The van der Waals surface area contributed by atoms with Crippen LogP contribution in [0.1, 0.15) is 35.4 Å². The number of allylic oxidation sites excluding steroid dienone is 1. The molecule has 0 bridgehead atoms. The van der Waals surface area contributed by atoms with Gasteiger partial charge in [0.25, 0.3) is 0 Å². The molecule has 0 fully saturated rings. The highest BCUT2D eigenvalue weighted by Gasteiger charge is 2.39. The maximum absolute atomic E-state index is 13.5. The zero-order chi connectivity index (χ0) is 23.4. The number of hydrogen-bond donors (Lipinski definition) is 0. The Balaban J connectivity index is 2.12.